The van der Waals surface area contributed by atoms with Gasteiger partial charge in [0.25, 0.3) is 0 Å². The van der Waals surface area contributed by atoms with Gasteiger partial charge in [-0.25, -0.2) is 18.1 Å². The number of sulfonamides is 1. The molecule has 1 heterocycles. The molecule has 22 heavy (non-hydrogen) atoms. The van der Waals surface area contributed by atoms with Crippen LogP contribution in [0.25, 0.3) is 0 Å². The molecule has 1 aromatic heterocycles. The van der Waals surface area contributed by atoms with Crippen LogP contribution in [0.2, 0.25) is 5.28 Å². The third-order valence-electron chi connectivity index (χ3n) is 2.54. The Morgan fingerprint density at radius 3 is 2.64 bits per heavy atom. The summed E-state index contributed by atoms with van der Waals surface area (Å²) in [6.45, 7) is 3.52. The van der Waals surface area contributed by atoms with Crippen LogP contribution in [0, 0.1) is 0 Å². The highest BCUT2D eigenvalue weighted by molar-refractivity contribution is 9.10. The smallest absolute Gasteiger partial charge is 0.242 e. The fourth-order valence-electron chi connectivity index (χ4n) is 1.74. The van der Waals surface area contributed by atoms with Gasteiger partial charge in [0.05, 0.1) is 10.2 Å². The summed E-state index contributed by atoms with van der Waals surface area (Å²) in [5.41, 5.74) is 0.395. The fraction of sp³-hybridized carbons (Fsp3) is 0.231. The largest absolute Gasteiger partial charge is 0.338 e. The fourth-order valence-corrected chi connectivity index (χ4v) is 3.58. The highest BCUT2D eigenvalue weighted by Gasteiger charge is 2.20. The van der Waals surface area contributed by atoms with E-state index in [9.17, 15) is 8.42 Å². The van der Waals surface area contributed by atoms with Crippen LogP contribution < -0.4 is 10.0 Å². The summed E-state index contributed by atoms with van der Waals surface area (Å²) in [5, 5.41) is 3.02. The van der Waals surface area contributed by atoms with E-state index in [0.29, 0.717) is 16.0 Å². The molecule has 0 fully saturated rings. The van der Waals surface area contributed by atoms with E-state index in [0.717, 1.165) is 0 Å². The monoisotopic (exact) mass is 404 g/mol. The highest BCUT2D eigenvalue weighted by atomic mass is 79.9. The Morgan fingerprint density at radius 1 is 1.27 bits per heavy atom. The second-order valence-corrected chi connectivity index (χ2v) is 7.61. The summed E-state index contributed by atoms with van der Waals surface area (Å²) in [7, 11) is -3.64. The van der Waals surface area contributed by atoms with Gasteiger partial charge in [-0.1, -0.05) is 12.1 Å². The average molecular weight is 406 g/mol. The van der Waals surface area contributed by atoms with E-state index in [4.69, 9.17) is 11.6 Å². The van der Waals surface area contributed by atoms with Crippen molar-refractivity contribution < 1.29 is 8.42 Å². The molecular weight excluding hydrogens is 392 g/mol. The Balaban J connectivity index is 2.43. The van der Waals surface area contributed by atoms with Gasteiger partial charge in [-0.15, -0.1) is 0 Å². The second kappa shape index (κ2) is 6.91. The highest BCUT2D eigenvalue weighted by Crippen LogP contribution is 2.28. The summed E-state index contributed by atoms with van der Waals surface area (Å²) in [6, 6.07) is 6.34. The second-order valence-electron chi connectivity index (χ2n) is 4.73. The third kappa shape index (κ3) is 4.16. The number of halogens is 2. The number of nitrogens with zero attached hydrogens (tertiary/aromatic N) is 2. The number of anilines is 2. The zero-order chi connectivity index (χ0) is 16.3. The molecule has 0 aliphatic rings. The molecule has 0 atom stereocenters. The Kier molecular flexibility index (Phi) is 5.38. The van der Waals surface area contributed by atoms with Crippen LogP contribution in [-0.4, -0.2) is 24.4 Å². The summed E-state index contributed by atoms with van der Waals surface area (Å²) in [4.78, 5) is 7.99. The average Bonchev–Trinajstić information content (AvgIpc) is 2.42. The van der Waals surface area contributed by atoms with Gasteiger partial charge in [-0.05, 0) is 53.5 Å². The van der Waals surface area contributed by atoms with Gasteiger partial charge in [0.2, 0.25) is 15.3 Å². The van der Waals surface area contributed by atoms with Gasteiger partial charge < -0.3 is 5.32 Å². The predicted molar refractivity (Wildman–Crippen MR) is 89.9 cm³/mol. The first kappa shape index (κ1) is 17.1. The van der Waals surface area contributed by atoms with Gasteiger partial charge in [0.1, 0.15) is 10.7 Å². The quantitative estimate of drug-likeness (QED) is 0.746. The number of benzene rings is 1. The van der Waals surface area contributed by atoms with Gasteiger partial charge in [-0.2, -0.15) is 4.98 Å². The van der Waals surface area contributed by atoms with Crippen molar-refractivity contribution >= 4 is 49.1 Å². The maximum atomic E-state index is 12.4. The number of para-hydroxylation sites is 1. The molecule has 6 nitrogen and oxygen atoms in total. The first-order valence-corrected chi connectivity index (χ1v) is 9.01. The SMILES string of the molecule is CC(C)NS(=O)(=O)c1ccccc1Nc1nc(Cl)ncc1Br. The lowest BCUT2D eigenvalue weighted by molar-refractivity contribution is 0.570. The minimum absolute atomic E-state index is 0.0614. The molecule has 2 rings (SSSR count). The van der Waals surface area contributed by atoms with Crippen molar-refractivity contribution in [3.05, 3.63) is 40.2 Å². The lowest BCUT2D eigenvalue weighted by atomic mass is 10.3. The number of rotatable bonds is 5. The van der Waals surface area contributed by atoms with Crippen LogP contribution in [0.3, 0.4) is 0 Å². The van der Waals surface area contributed by atoms with Gasteiger partial charge in [0.15, 0.2) is 0 Å². The minimum atomic E-state index is -3.64. The first-order chi connectivity index (χ1) is 10.3. The molecule has 0 amide bonds. The van der Waals surface area contributed by atoms with Crippen molar-refractivity contribution in [3.63, 3.8) is 0 Å². The van der Waals surface area contributed by atoms with Crippen molar-refractivity contribution in [2.75, 3.05) is 5.32 Å². The molecule has 0 bridgehead atoms. The molecule has 0 radical (unpaired) electrons. The van der Waals surface area contributed by atoms with E-state index >= 15 is 0 Å². The molecule has 0 spiro atoms. The van der Waals surface area contributed by atoms with Crippen LogP contribution in [0.1, 0.15) is 13.8 Å². The lowest BCUT2D eigenvalue weighted by Crippen LogP contribution is -2.30. The zero-order valence-corrected chi connectivity index (χ0v) is 15.0. The standard InChI is InChI=1S/C13H14BrClN4O2S/c1-8(2)19-22(20,21)11-6-4-3-5-10(11)17-12-9(14)7-16-13(15)18-12/h3-8,19H,1-2H3,(H,16,17,18). The maximum Gasteiger partial charge on any atom is 0.242 e. The van der Waals surface area contributed by atoms with E-state index in [-0.39, 0.29) is 16.2 Å². The molecule has 1 aromatic carbocycles. The molecule has 0 aliphatic heterocycles. The summed E-state index contributed by atoms with van der Waals surface area (Å²) in [5.74, 6) is 0.382. The van der Waals surface area contributed by atoms with E-state index < -0.39 is 10.0 Å². The van der Waals surface area contributed by atoms with Crippen LogP contribution in [0.4, 0.5) is 11.5 Å². The van der Waals surface area contributed by atoms with Gasteiger partial charge in [-0.3, -0.25) is 0 Å². The van der Waals surface area contributed by atoms with Crippen molar-refractivity contribution in [3.8, 4) is 0 Å². The Hall–Kier alpha value is -1.22. The molecular formula is C13H14BrClN4O2S. The molecule has 0 aliphatic carbocycles. The third-order valence-corrected chi connectivity index (χ3v) is 5.01. The molecule has 118 valence electrons. The van der Waals surface area contributed by atoms with Crippen LogP contribution in [-0.2, 0) is 10.0 Å². The van der Waals surface area contributed by atoms with E-state index in [1.165, 1.54) is 12.3 Å². The maximum absolute atomic E-state index is 12.4. The summed E-state index contributed by atoms with van der Waals surface area (Å²) in [6.07, 6.45) is 1.49. The number of hydrogen-bond donors (Lipinski definition) is 2. The number of nitrogens with one attached hydrogen (secondary N) is 2. The lowest BCUT2D eigenvalue weighted by Gasteiger charge is -2.15. The predicted octanol–water partition coefficient (Wildman–Crippen LogP) is 3.32. The van der Waals surface area contributed by atoms with E-state index in [2.05, 4.69) is 35.9 Å². The summed E-state index contributed by atoms with van der Waals surface area (Å²) < 4.78 is 27.9. The number of aromatic nitrogens is 2. The van der Waals surface area contributed by atoms with Crippen LogP contribution in [0.5, 0.6) is 0 Å². The van der Waals surface area contributed by atoms with E-state index in [1.54, 1.807) is 32.0 Å². The molecule has 0 unspecified atom stereocenters. The Labute approximate surface area is 142 Å². The van der Waals surface area contributed by atoms with E-state index in [1.807, 2.05) is 0 Å². The molecule has 0 saturated carbocycles. The molecule has 9 heteroatoms. The van der Waals surface area contributed by atoms with Gasteiger partial charge >= 0.3 is 0 Å². The van der Waals surface area contributed by atoms with Crippen molar-refractivity contribution in [2.45, 2.75) is 24.8 Å². The van der Waals surface area contributed by atoms with Crippen molar-refractivity contribution in [1.82, 2.24) is 14.7 Å². The van der Waals surface area contributed by atoms with Crippen molar-refractivity contribution in [2.24, 2.45) is 0 Å². The van der Waals surface area contributed by atoms with Crippen molar-refractivity contribution in [1.29, 1.82) is 0 Å². The topological polar surface area (TPSA) is 84.0 Å². The molecule has 2 N–H and O–H groups in total. The Morgan fingerprint density at radius 2 is 1.95 bits per heavy atom. The minimum Gasteiger partial charge on any atom is -0.338 e. The van der Waals surface area contributed by atoms with Gasteiger partial charge in [0, 0.05) is 12.2 Å². The summed E-state index contributed by atoms with van der Waals surface area (Å²) >= 11 is 9.06. The molecule has 2 aromatic rings. The van der Waals surface area contributed by atoms with Crippen LogP contribution >= 0.6 is 27.5 Å². The number of hydrogen-bond acceptors (Lipinski definition) is 5. The zero-order valence-electron chi connectivity index (χ0n) is 11.8. The molecule has 0 saturated heterocycles. The van der Waals surface area contributed by atoms with Crippen LogP contribution in [0.15, 0.2) is 39.8 Å². The normalized spacial score (nSPS) is 11.7. The Bertz CT molecular complexity index is 783. The first-order valence-electron chi connectivity index (χ1n) is 6.36.